The molecule has 6 nitrogen and oxygen atoms in total. The van der Waals surface area contributed by atoms with Crippen molar-refractivity contribution in [1.82, 2.24) is 9.88 Å². The SMILES string of the molecule is Nc1nc2cccc(C(=O)N3CCC(Cc4cc(F)cc(F)c4)C3)c2s1.O=CO. The molecule has 1 fully saturated rings. The fraction of sp³-hybridized carbons (Fsp3) is 0.250. The van der Waals surface area contributed by atoms with Crippen LogP contribution in [0.3, 0.4) is 0 Å². The highest BCUT2D eigenvalue weighted by Gasteiger charge is 2.28. The van der Waals surface area contributed by atoms with Crippen LogP contribution in [0.4, 0.5) is 13.9 Å². The number of aromatic nitrogens is 1. The van der Waals surface area contributed by atoms with E-state index in [4.69, 9.17) is 15.6 Å². The van der Waals surface area contributed by atoms with E-state index in [0.29, 0.717) is 35.8 Å². The maximum absolute atomic E-state index is 13.4. The Balaban J connectivity index is 0.000000755. The van der Waals surface area contributed by atoms with Gasteiger partial charge in [-0.15, -0.1) is 0 Å². The number of thiazole rings is 1. The summed E-state index contributed by atoms with van der Waals surface area (Å²) in [6.07, 6.45) is 1.36. The minimum Gasteiger partial charge on any atom is -0.483 e. The number of likely N-dealkylation sites (tertiary alicyclic amines) is 1. The second-order valence-corrected chi connectivity index (χ2v) is 7.73. The third-order valence-electron chi connectivity index (χ3n) is 4.68. The molecule has 0 bridgehead atoms. The summed E-state index contributed by atoms with van der Waals surface area (Å²) in [5.41, 5.74) is 7.72. The van der Waals surface area contributed by atoms with Gasteiger partial charge in [-0.25, -0.2) is 13.8 Å². The van der Waals surface area contributed by atoms with Crippen LogP contribution in [0.5, 0.6) is 0 Å². The monoisotopic (exact) mass is 419 g/mol. The van der Waals surface area contributed by atoms with Gasteiger partial charge >= 0.3 is 0 Å². The van der Waals surface area contributed by atoms with Crippen molar-refractivity contribution in [3.8, 4) is 0 Å². The minimum absolute atomic E-state index is 0.0489. The van der Waals surface area contributed by atoms with Gasteiger partial charge in [0, 0.05) is 19.2 Å². The molecule has 0 radical (unpaired) electrons. The summed E-state index contributed by atoms with van der Waals surface area (Å²) in [5.74, 6) is -1.00. The van der Waals surface area contributed by atoms with Crippen molar-refractivity contribution in [3.05, 3.63) is 59.2 Å². The molecule has 1 aromatic heterocycles. The van der Waals surface area contributed by atoms with Crippen LogP contribution in [-0.2, 0) is 11.2 Å². The number of carbonyl (C=O) groups excluding carboxylic acids is 1. The average molecular weight is 419 g/mol. The smallest absolute Gasteiger partial charge is 0.290 e. The van der Waals surface area contributed by atoms with E-state index in [9.17, 15) is 13.6 Å². The highest BCUT2D eigenvalue weighted by Crippen LogP contribution is 2.30. The summed E-state index contributed by atoms with van der Waals surface area (Å²) < 4.78 is 27.5. The lowest BCUT2D eigenvalue weighted by Crippen LogP contribution is -2.29. The zero-order valence-electron chi connectivity index (χ0n) is 15.3. The summed E-state index contributed by atoms with van der Waals surface area (Å²) in [7, 11) is 0. The van der Waals surface area contributed by atoms with Crippen molar-refractivity contribution in [1.29, 1.82) is 0 Å². The Morgan fingerprint density at radius 3 is 2.69 bits per heavy atom. The molecule has 1 unspecified atom stereocenters. The predicted molar refractivity (Wildman–Crippen MR) is 107 cm³/mol. The molecule has 0 aliphatic carbocycles. The Bertz CT molecular complexity index is 1020. The van der Waals surface area contributed by atoms with Gasteiger partial charge in [0.05, 0.1) is 15.8 Å². The van der Waals surface area contributed by atoms with Crippen LogP contribution in [0.15, 0.2) is 36.4 Å². The van der Waals surface area contributed by atoms with Crippen molar-refractivity contribution in [2.24, 2.45) is 5.92 Å². The molecule has 1 atom stereocenters. The van der Waals surface area contributed by atoms with E-state index in [-0.39, 0.29) is 18.3 Å². The normalized spacial score (nSPS) is 15.8. The number of rotatable bonds is 3. The molecule has 3 N–H and O–H groups in total. The third-order valence-corrected chi connectivity index (χ3v) is 5.62. The van der Waals surface area contributed by atoms with E-state index in [2.05, 4.69) is 4.98 Å². The van der Waals surface area contributed by atoms with E-state index < -0.39 is 11.6 Å². The number of fused-ring (bicyclic) bond motifs is 1. The average Bonchev–Trinajstić information content (AvgIpc) is 3.26. The fourth-order valence-corrected chi connectivity index (χ4v) is 4.39. The molecule has 1 saturated heterocycles. The maximum Gasteiger partial charge on any atom is 0.290 e. The van der Waals surface area contributed by atoms with Gasteiger partial charge in [0.15, 0.2) is 5.13 Å². The number of carboxylic acid groups (broad SMARTS) is 1. The van der Waals surface area contributed by atoms with Gasteiger partial charge in [0.1, 0.15) is 11.6 Å². The van der Waals surface area contributed by atoms with Gasteiger partial charge in [-0.1, -0.05) is 17.4 Å². The standard InChI is InChI=1S/C19H17F2N3OS.CH2O2/c20-13-7-12(8-14(21)9-13)6-11-4-5-24(10-11)18(25)15-2-1-3-16-17(15)26-19(22)23-16;2-1-3/h1-3,7-9,11H,4-6,10H2,(H2,22,23);1H,(H,2,3). The number of anilines is 1. The van der Waals surface area contributed by atoms with Crippen molar-refractivity contribution in [2.75, 3.05) is 18.8 Å². The summed E-state index contributed by atoms with van der Waals surface area (Å²) in [4.78, 5) is 27.3. The number of nitrogen functional groups attached to an aromatic ring is 1. The summed E-state index contributed by atoms with van der Waals surface area (Å²) >= 11 is 1.31. The summed E-state index contributed by atoms with van der Waals surface area (Å²) in [6.45, 7) is 0.952. The number of amides is 1. The molecule has 2 aromatic carbocycles. The van der Waals surface area contributed by atoms with E-state index in [0.717, 1.165) is 22.7 Å². The molecule has 9 heteroatoms. The van der Waals surface area contributed by atoms with Crippen LogP contribution in [0.25, 0.3) is 10.2 Å². The van der Waals surface area contributed by atoms with Crippen LogP contribution in [-0.4, -0.2) is 40.5 Å². The Hall–Kier alpha value is -3.07. The van der Waals surface area contributed by atoms with Gasteiger partial charge in [-0.2, -0.15) is 0 Å². The predicted octanol–water partition coefficient (Wildman–Crippen LogP) is 3.56. The molecular weight excluding hydrogens is 400 g/mol. The van der Waals surface area contributed by atoms with Crippen LogP contribution in [0.1, 0.15) is 22.3 Å². The number of carbonyl (C=O) groups is 2. The topological polar surface area (TPSA) is 96.5 Å². The van der Waals surface area contributed by atoms with Crippen molar-refractivity contribution in [2.45, 2.75) is 12.8 Å². The van der Waals surface area contributed by atoms with E-state index in [1.54, 1.807) is 17.0 Å². The highest BCUT2D eigenvalue weighted by atomic mass is 32.1. The van der Waals surface area contributed by atoms with Crippen LogP contribution >= 0.6 is 11.3 Å². The van der Waals surface area contributed by atoms with Gasteiger partial charge in [0.2, 0.25) is 0 Å². The molecule has 2 heterocycles. The van der Waals surface area contributed by atoms with Crippen molar-refractivity contribution < 1.29 is 23.5 Å². The quantitative estimate of drug-likeness (QED) is 0.633. The van der Waals surface area contributed by atoms with Crippen molar-refractivity contribution in [3.63, 3.8) is 0 Å². The second-order valence-electron chi connectivity index (χ2n) is 6.70. The molecule has 3 aromatic rings. The number of nitrogens with two attached hydrogens (primary N) is 1. The fourth-order valence-electron chi connectivity index (χ4n) is 3.55. The Labute approximate surface area is 169 Å². The molecule has 29 heavy (non-hydrogen) atoms. The lowest BCUT2D eigenvalue weighted by molar-refractivity contribution is -0.122. The third kappa shape index (κ3) is 4.86. The molecule has 0 saturated carbocycles. The zero-order valence-corrected chi connectivity index (χ0v) is 16.2. The van der Waals surface area contributed by atoms with Crippen LogP contribution in [0, 0.1) is 17.6 Å². The first-order valence-electron chi connectivity index (χ1n) is 8.88. The first kappa shape index (κ1) is 20.7. The number of benzene rings is 2. The second kappa shape index (κ2) is 8.95. The van der Waals surface area contributed by atoms with Gasteiger partial charge < -0.3 is 15.7 Å². The molecular formula is C20H19F2N3O3S. The molecule has 1 aliphatic heterocycles. The lowest BCUT2D eigenvalue weighted by atomic mass is 9.98. The largest absolute Gasteiger partial charge is 0.483 e. The number of hydrogen-bond acceptors (Lipinski definition) is 5. The van der Waals surface area contributed by atoms with E-state index >= 15 is 0 Å². The number of hydrogen-bond donors (Lipinski definition) is 2. The van der Waals surface area contributed by atoms with Gasteiger partial charge in [-0.05, 0) is 48.6 Å². The van der Waals surface area contributed by atoms with E-state index in [1.807, 2.05) is 6.07 Å². The Morgan fingerprint density at radius 2 is 2.00 bits per heavy atom. The van der Waals surface area contributed by atoms with Crippen molar-refractivity contribution >= 4 is 39.1 Å². The lowest BCUT2D eigenvalue weighted by Gasteiger charge is -2.17. The number of halogens is 2. The Morgan fingerprint density at radius 1 is 1.31 bits per heavy atom. The minimum atomic E-state index is -0.569. The number of nitrogens with zero attached hydrogens (tertiary/aromatic N) is 2. The van der Waals surface area contributed by atoms with Crippen LogP contribution < -0.4 is 5.73 Å². The maximum atomic E-state index is 13.4. The van der Waals surface area contributed by atoms with Crippen LogP contribution in [0.2, 0.25) is 0 Å². The molecule has 4 rings (SSSR count). The van der Waals surface area contributed by atoms with Gasteiger partial charge in [-0.3, -0.25) is 9.59 Å². The molecule has 0 spiro atoms. The highest BCUT2D eigenvalue weighted by molar-refractivity contribution is 7.22. The summed E-state index contributed by atoms with van der Waals surface area (Å²) in [5, 5.41) is 7.33. The molecule has 1 aliphatic rings. The molecule has 1 amide bonds. The van der Waals surface area contributed by atoms with Gasteiger partial charge in [0.25, 0.3) is 12.4 Å². The molecule has 152 valence electrons. The first-order valence-corrected chi connectivity index (χ1v) is 9.70. The van der Waals surface area contributed by atoms with E-state index in [1.165, 1.54) is 23.5 Å². The first-order chi connectivity index (χ1) is 13.9. The zero-order chi connectivity index (χ0) is 21.0. The Kier molecular flexibility index (Phi) is 6.38. The summed E-state index contributed by atoms with van der Waals surface area (Å²) in [6, 6.07) is 9.01.